The standard InChI is InChI=1S/C21H40N4O/c1-2-22-10-5-19(6-11-22)16-23-12-14-24(15-13-23)17-20-4-8-21(18-26)7-3-9-25(20)21/h19-20,26H,2-18H2,1H3. The molecule has 5 heteroatoms. The molecule has 2 atom stereocenters. The van der Waals surface area contributed by atoms with Gasteiger partial charge in [-0.3, -0.25) is 9.80 Å². The van der Waals surface area contributed by atoms with Gasteiger partial charge >= 0.3 is 0 Å². The van der Waals surface area contributed by atoms with Gasteiger partial charge in [0.15, 0.2) is 0 Å². The molecule has 0 aromatic rings. The Hall–Kier alpha value is -0.200. The van der Waals surface area contributed by atoms with Gasteiger partial charge in [0.25, 0.3) is 0 Å². The number of hydrogen-bond acceptors (Lipinski definition) is 5. The summed E-state index contributed by atoms with van der Waals surface area (Å²) in [7, 11) is 0. The Bertz CT molecular complexity index is 445. The second-order valence-corrected chi connectivity index (χ2v) is 9.35. The van der Waals surface area contributed by atoms with Crippen LogP contribution in [-0.2, 0) is 0 Å². The lowest BCUT2D eigenvalue weighted by atomic mass is 9.95. The number of piperazine rings is 1. The molecule has 4 fully saturated rings. The number of rotatable bonds is 6. The molecule has 0 aromatic carbocycles. The summed E-state index contributed by atoms with van der Waals surface area (Å²) in [4.78, 5) is 10.7. The van der Waals surface area contributed by atoms with E-state index in [1.807, 2.05) is 0 Å². The molecule has 5 nitrogen and oxygen atoms in total. The van der Waals surface area contributed by atoms with Crippen molar-refractivity contribution in [1.82, 2.24) is 19.6 Å². The van der Waals surface area contributed by atoms with Crippen LogP contribution >= 0.6 is 0 Å². The Kier molecular flexibility index (Phi) is 6.21. The Morgan fingerprint density at radius 2 is 1.50 bits per heavy atom. The van der Waals surface area contributed by atoms with Gasteiger partial charge < -0.3 is 14.9 Å². The van der Waals surface area contributed by atoms with E-state index in [9.17, 15) is 5.11 Å². The van der Waals surface area contributed by atoms with Crippen molar-refractivity contribution in [2.45, 2.75) is 57.0 Å². The van der Waals surface area contributed by atoms with Crippen LogP contribution in [0.15, 0.2) is 0 Å². The van der Waals surface area contributed by atoms with Crippen molar-refractivity contribution in [3.05, 3.63) is 0 Å². The van der Waals surface area contributed by atoms with E-state index in [1.165, 1.54) is 104 Å². The third-order valence-corrected chi connectivity index (χ3v) is 7.93. The largest absolute Gasteiger partial charge is 0.394 e. The number of likely N-dealkylation sites (tertiary alicyclic amines) is 1. The molecule has 0 bridgehead atoms. The molecule has 4 saturated heterocycles. The summed E-state index contributed by atoms with van der Waals surface area (Å²) in [6.07, 6.45) is 7.79. The first-order valence-electron chi connectivity index (χ1n) is 11.3. The van der Waals surface area contributed by atoms with Crippen LogP contribution in [0, 0.1) is 5.92 Å². The van der Waals surface area contributed by atoms with Crippen LogP contribution in [0.3, 0.4) is 0 Å². The first-order chi connectivity index (χ1) is 12.7. The first-order valence-corrected chi connectivity index (χ1v) is 11.3. The van der Waals surface area contributed by atoms with E-state index in [-0.39, 0.29) is 5.54 Å². The molecule has 0 spiro atoms. The summed E-state index contributed by atoms with van der Waals surface area (Å²) in [6.45, 7) is 15.3. The minimum Gasteiger partial charge on any atom is -0.394 e. The fourth-order valence-electron chi connectivity index (χ4n) is 6.13. The molecule has 0 aliphatic carbocycles. The molecule has 2 unspecified atom stereocenters. The van der Waals surface area contributed by atoms with Crippen LogP contribution in [0.4, 0.5) is 0 Å². The van der Waals surface area contributed by atoms with E-state index < -0.39 is 0 Å². The lowest BCUT2D eigenvalue weighted by molar-refractivity contribution is 0.0494. The fraction of sp³-hybridized carbons (Fsp3) is 1.00. The summed E-state index contributed by atoms with van der Waals surface area (Å²) in [5.74, 6) is 0.925. The zero-order valence-corrected chi connectivity index (χ0v) is 16.9. The molecule has 0 amide bonds. The van der Waals surface area contributed by atoms with E-state index in [0.717, 1.165) is 5.92 Å². The fourth-order valence-corrected chi connectivity index (χ4v) is 6.13. The Balaban J connectivity index is 1.19. The van der Waals surface area contributed by atoms with Gasteiger partial charge in [0.1, 0.15) is 0 Å². The van der Waals surface area contributed by atoms with Gasteiger partial charge in [0.05, 0.1) is 6.61 Å². The Morgan fingerprint density at radius 1 is 0.808 bits per heavy atom. The molecule has 0 saturated carbocycles. The highest BCUT2D eigenvalue weighted by molar-refractivity contribution is 5.04. The maximum absolute atomic E-state index is 9.91. The summed E-state index contributed by atoms with van der Waals surface area (Å²) >= 11 is 0. The summed E-state index contributed by atoms with van der Waals surface area (Å²) in [5, 5.41) is 9.91. The van der Waals surface area contributed by atoms with Crippen molar-refractivity contribution < 1.29 is 5.11 Å². The number of piperidine rings is 1. The molecular formula is C21H40N4O. The summed E-state index contributed by atoms with van der Waals surface area (Å²) in [5.41, 5.74) is 0.153. The summed E-state index contributed by atoms with van der Waals surface area (Å²) < 4.78 is 0. The average molecular weight is 365 g/mol. The molecule has 4 aliphatic heterocycles. The maximum Gasteiger partial charge on any atom is 0.0615 e. The van der Waals surface area contributed by atoms with Crippen molar-refractivity contribution in [3.63, 3.8) is 0 Å². The maximum atomic E-state index is 9.91. The highest BCUT2D eigenvalue weighted by Crippen LogP contribution is 2.42. The molecule has 4 aliphatic rings. The number of aliphatic hydroxyl groups excluding tert-OH is 1. The highest BCUT2D eigenvalue weighted by Gasteiger charge is 2.48. The third kappa shape index (κ3) is 3.97. The number of hydrogen-bond donors (Lipinski definition) is 1. The van der Waals surface area contributed by atoms with Gasteiger partial charge in [-0.15, -0.1) is 0 Å². The van der Waals surface area contributed by atoms with Crippen molar-refractivity contribution >= 4 is 0 Å². The summed E-state index contributed by atoms with van der Waals surface area (Å²) in [6, 6.07) is 0.689. The lowest BCUT2D eigenvalue weighted by Gasteiger charge is -2.41. The molecule has 4 rings (SSSR count). The van der Waals surface area contributed by atoms with Gasteiger partial charge in [-0.25, -0.2) is 0 Å². The van der Waals surface area contributed by atoms with Gasteiger partial charge in [0.2, 0.25) is 0 Å². The minimum absolute atomic E-state index is 0.153. The quantitative estimate of drug-likeness (QED) is 0.769. The van der Waals surface area contributed by atoms with Crippen LogP contribution in [0.1, 0.15) is 45.4 Å². The number of aliphatic hydroxyl groups is 1. The second-order valence-electron chi connectivity index (χ2n) is 9.35. The molecular weight excluding hydrogens is 324 g/mol. The molecule has 26 heavy (non-hydrogen) atoms. The van der Waals surface area contributed by atoms with E-state index >= 15 is 0 Å². The van der Waals surface area contributed by atoms with Gasteiger partial charge in [0, 0.05) is 50.8 Å². The van der Waals surface area contributed by atoms with Crippen molar-refractivity contribution in [1.29, 1.82) is 0 Å². The highest BCUT2D eigenvalue weighted by atomic mass is 16.3. The van der Waals surface area contributed by atoms with Crippen LogP contribution in [0.2, 0.25) is 0 Å². The third-order valence-electron chi connectivity index (χ3n) is 7.93. The molecule has 150 valence electrons. The molecule has 0 aromatic heterocycles. The van der Waals surface area contributed by atoms with Crippen LogP contribution in [0.5, 0.6) is 0 Å². The zero-order chi connectivity index (χ0) is 18.0. The Morgan fingerprint density at radius 3 is 2.15 bits per heavy atom. The zero-order valence-electron chi connectivity index (χ0n) is 16.9. The number of fused-ring (bicyclic) bond motifs is 1. The van der Waals surface area contributed by atoms with E-state index in [4.69, 9.17) is 0 Å². The topological polar surface area (TPSA) is 33.2 Å². The predicted octanol–water partition coefficient (Wildman–Crippen LogP) is 1.33. The van der Waals surface area contributed by atoms with Crippen LogP contribution in [-0.4, -0.2) is 108 Å². The normalized spacial score (nSPS) is 36.0. The Labute approximate surface area is 160 Å². The molecule has 0 radical (unpaired) electrons. The van der Waals surface area contributed by atoms with Crippen LogP contribution < -0.4 is 0 Å². The monoisotopic (exact) mass is 364 g/mol. The van der Waals surface area contributed by atoms with Gasteiger partial charge in [-0.05, 0) is 70.6 Å². The predicted molar refractivity (Wildman–Crippen MR) is 106 cm³/mol. The molecule has 1 N–H and O–H groups in total. The SMILES string of the molecule is CCN1CCC(CN2CCN(CC3CCC4(CO)CCCN34)CC2)CC1. The van der Waals surface area contributed by atoms with Crippen molar-refractivity contribution in [3.8, 4) is 0 Å². The van der Waals surface area contributed by atoms with Gasteiger partial charge in [-0.1, -0.05) is 6.92 Å². The number of nitrogens with zero attached hydrogens (tertiary/aromatic N) is 4. The smallest absolute Gasteiger partial charge is 0.0615 e. The minimum atomic E-state index is 0.153. The average Bonchev–Trinajstić information content (AvgIpc) is 3.25. The second kappa shape index (κ2) is 8.44. The van der Waals surface area contributed by atoms with E-state index in [1.54, 1.807) is 0 Å². The van der Waals surface area contributed by atoms with Gasteiger partial charge in [-0.2, -0.15) is 0 Å². The van der Waals surface area contributed by atoms with E-state index in [2.05, 4.69) is 26.5 Å². The first kappa shape index (κ1) is 19.1. The molecule has 4 heterocycles. The van der Waals surface area contributed by atoms with E-state index in [0.29, 0.717) is 12.6 Å². The lowest BCUT2D eigenvalue weighted by Crippen LogP contribution is -2.53. The van der Waals surface area contributed by atoms with Crippen molar-refractivity contribution in [2.24, 2.45) is 5.92 Å². The van der Waals surface area contributed by atoms with Crippen molar-refractivity contribution in [2.75, 3.05) is 72.1 Å². The van der Waals surface area contributed by atoms with Crippen LogP contribution in [0.25, 0.3) is 0 Å².